The second-order valence-electron chi connectivity index (χ2n) is 12.9. The van der Waals surface area contributed by atoms with E-state index in [9.17, 15) is 0 Å². The van der Waals surface area contributed by atoms with Gasteiger partial charge in [-0.25, -0.2) is 15.0 Å². The topological polar surface area (TPSA) is 46.8 Å². The molecule has 1 aliphatic heterocycles. The normalized spacial score (nSPS) is 17.2. The molecule has 0 saturated carbocycles. The van der Waals surface area contributed by atoms with Gasteiger partial charge in [-0.05, 0) is 53.6 Å². The minimum absolute atomic E-state index is 0.202. The van der Waals surface area contributed by atoms with Crippen LogP contribution in [0.25, 0.3) is 62.4 Å². The van der Waals surface area contributed by atoms with Gasteiger partial charge in [-0.1, -0.05) is 127 Å². The first-order valence-corrected chi connectivity index (χ1v) is 17.0. The molecule has 5 heteroatoms. The van der Waals surface area contributed by atoms with Crippen molar-refractivity contribution in [1.29, 1.82) is 0 Å². The second-order valence-corrected chi connectivity index (χ2v) is 12.9. The number of nitrogens with zero attached hydrogens (tertiary/aromatic N) is 5. The lowest BCUT2D eigenvalue weighted by Crippen LogP contribution is -2.46. The van der Waals surface area contributed by atoms with Crippen molar-refractivity contribution in [3.63, 3.8) is 0 Å². The number of para-hydroxylation sites is 2. The van der Waals surface area contributed by atoms with E-state index in [1.54, 1.807) is 0 Å². The average Bonchev–Trinajstić information content (AvgIpc) is 3.53. The van der Waals surface area contributed by atoms with Gasteiger partial charge >= 0.3 is 0 Å². The summed E-state index contributed by atoms with van der Waals surface area (Å²) in [5.41, 5.74) is 8.96. The van der Waals surface area contributed by atoms with E-state index in [4.69, 9.17) is 15.0 Å². The summed E-state index contributed by atoms with van der Waals surface area (Å²) in [4.78, 5) is 17.4. The van der Waals surface area contributed by atoms with Crippen LogP contribution in [0.5, 0.6) is 0 Å². The summed E-state index contributed by atoms with van der Waals surface area (Å²) in [6, 6.07) is 48.5. The van der Waals surface area contributed by atoms with E-state index in [2.05, 4.69) is 125 Å². The van der Waals surface area contributed by atoms with Crippen LogP contribution < -0.4 is 15.5 Å². The molecule has 0 radical (unpaired) electrons. The van der Waals surface area contributed by atoms with Gasteiger partial charge in [0.25, 0.3) is 0 Å². The van der Waals surface area contributed by atoms with Crippen molar-refractivity contribution in [2.24, 2.45) is 5.92 Å². The summed E-state index contributed by atoms with van der Waals surface area (Å²) in [6.45, 7) is 0. The van der Waals surface area contributed by atoms with Crippen LogP contribution in [-0.4, -0.2) is 25.6 Å². The molecule has 0 spiro atoms. The molecule has 3 aliphatic rings. The van der Waals surface area contributed by atoms with Crippen LogP contribution in [0.4, 0.5) is 5.69 Å². The van der Waals surface area contributed by atoms with E-state index in [1.165, 1.54) is 38.3 Å². The molecule has 0 amide bonds. The van der Waals surface area contributed by atoms with E-state index in [-0.39, 0.29) is 12.0 Å². The van der Waals surface area contributed by atoms with Gasteiger partial charge in [-0.2, -0.15) is 0 Å². The Hall–Kier alpha value is -6.59. The van der Waals surface area contributed by atoms with Crippen LogP contribution >= 0.6 is 0 Å². The Bertz CT molecular complexity index is 2590. The van der Waals surface area contributed by atoms with Gasteiger partial charge in [-0.3, -0.25) is 0 Å². The van der Waals surface area contributed by atoms with Gasteiger partial charge in [0.2, 0.25) is 0 Å². The molecule has 2 aromatic heterocycles. The molecule has 5 aromatic carbocycles. The molecule has 10 rings (SSSR count). The highest BCUT2D eigenvalue weighted by molar-refractivity contribution is 5.91. The third-order valence-corrected chi connectivity index (χ3v) is 9.99. The molecular weight excluding hydrogens is 611 g/mol. The Kier molecular flexibility index (Phi) is 6.56. The van der Waals surface area contributed by atoms with E-state index in [0.717, 1.165) is 22.4 Å². The van der Waals surface area contributed by atoms with Crippen LogP contribution in [0, 0.1) is 5.92 Å². The predicted octanol–water partition coefficient (Wildman–Crippen LogP) is 8.28. The van der Waals surface area contributed by atoms with Crippen molar-refractivity contribution in [1.82, 2.24) is 19.5 Å². The fourth-order valence-corrected chi connectivity index (χ4v) is 7.77. The molecule has 50 heavy (non-hydrogen) atoms. The zero-order valence-corrected chi connectivity index (χ0v) is 27.1. The molecule has 3 heterocycles. The predicted molar refractivity (Wildman–Crippen MR) is 203 cm³/mol. The standard InChI is InChI=1S/C45H31N5/c1-4-14-30(15-5-1)43-46-44(31-16-6-2-7-17-31)48-45(47-43)33-19-12-22-35(28-33)50-38-24-11-10-23-36(38)42-37-26-27-49(34-20-8-3-9-21-34)39-25-13-18-32(41(37)39)29-40(42)50/h1-29,39,41H. The van der Waals surface area contributed by atoms with E-state index < -0.39 is 0 Å². The smallest absolute Gasteiger partial charge is 0.164 e. The summed E-state index contributed by atoms with van der Waals surface area (Å²) in [7, 11) is 0. The van der Waals surface area contributed by atoms with E-state index in [0.29, 0.717) is 17.5 Å². The minimum atomic E-state index is 0.202. The van der Waals surface area contributed by atoms with Crippen molar-refractivity contribution in [2.75, 3.05) is 4.90 Å². The zero-order valence-electron chi connectivity index (χ0n) is 27.1. The minimum Gasteiger partial charge on any atom is -0.340 e. The fraction of sp³-hybridized carbons (Fsp3) is 0.0444. The summed E-state index contributed by atoms with van der Waals surface area (Å²) in [5, 5.41) is 3.75. The van der Waals surface area contributed by atoms with Crippen molar-refractivity contribution >= 4 is 28.2 Å². The van der Waals surface area contributed by atoms with Gasteiger partial charge in [0, 0.05) is 50.8 Å². The number of fused-ring (bicyclic) bond motifs is 3. The summed E-state index contributed by atoms with van der Waals surface area (Å²) >= 11 is 0. The lowest BCUT2D eigenvalue weighted by molar-refractivity contribution is 0.641. The molecule has 0 N–H and O–H groups in total. The van der Waals surface area contributed by atoms with E-state index >= 15 is 0 Å². The summed E-state index contributed by atoms with van der Waals surface area (Å²) in [6.07, 6.45) is 13.8. The molecular formula is C45H31N5. The summed E-state index contributed by atoms with van der Waals surface area (Å²) < 4.78 is 2.40. The molecule has 2 atom stereocenters. The highest BCUT2D eigenvalue weighted by Gasteiger charge is 2.36. The van der Waals surface area contributed by atoms with Crippen molar-refractivity contribution in [3.05, 3.63) is 186 Å². The molecule has 236 valence electrons. The number of benzene rings is 5. The molecule has 2 unspecified atom stereocenters. The first-order valence-electron chi connectivity index (χ1n) is 17.0. The quantitative estimate of drug-likeness (QED) is 0.190. The highest BCUT2D eigenvalue weighted by atomic mass is 15.2. The third-order valence-electron chi connectivity index (χ3n) is 9.99. The number of hydrogen-bond acceptors (Lipinski definition) is 4. The Balaban J connectivity index is 1.17. The van der Waals surface area contributed by atoms with Crippen LogP contribution in [0.2, 0.25) is 0 Å². The lowest BCUT2D eigenvalue weighted by Gasteiger charge is -2.41. The van der Waals surface area contributed by atoms with Gasteiger partial charge in [0.05, 0.1) is 16.9 Å². The van der Waals surface area contributed by atoms with Crippen LogP contribution in [0.15, 0.2) is 176 Å². The maximum Gasteiger partial charge on any atom is 0.164 e. The average molecular weight is 642 g/mol. The lowest BCUT2D eigenvalue weighted by atomic mass is 9.75. The number of hydrogen-bond donors (Lipinski definition) is 0. The van der Waals surface area contributed by atoms with Gasteiger partial charge in [0.15, 0.2) is 17.5 Å². The number of anilines is 1. The van der Waals surface area contributed by atoms with Crippen LogP contribution in [-0.2, 0) is 0 Å². The SMILES string of the molecule is C1=CC2C3C(=C1)C=c1c(c4ccccc4n1-c1cccc(-c4nc(-c5ccccc5)nc(-c5ccccc5)n4)c1)=C3C=CN2c1ccccc1. The maximum absolute atomic E-state index is 5.02. The van der Waals surface area contributed by atoms with Gasteiger partial charge in [-0.15, -0.1) is 0 Å². The Morgan fingerprint density at radius 1 is 0.560 bits per heavy atom. The van der Waals surface area contributed by atoms with Crippen molar-refractivity contribution in [2.45, 2.75) is 6.04 Å². The molecule has 5 nitrogen and oxygen atoms in total. The molecule has 0 fully saturated rings. The Labute approximate surface area is 289 Å². The van der Waals surface area contributed by atoms with Crippen molar-refractivity contribution in [3.8, 4) is 39.9 Å². The molecule has 2 aliphatic carbocycles. The zero-order chi connectivity index (χ0) is 33.0. The monoisotopic (exact) mass is 641 g/mol. The number of allylic oxidation sites excluding steroid dienone is 3. The first kappa shape index (κ1) is 28.4. The Morgan fingerprint density at radius 2 is 1.16 bits per heavy atom. The first-order chi connectivity index (χ1) is 24.8. The van der Waals surface area contributed by atoms with Gasteiger partial charge < -0.3 is 9.47 Å². The fourth-order valence-electron chi connectivity index (χ4n) is 7.77. The molecule has 0 bridgehead atoms. The van der Waals surface area contributed by atoms with Gasteiger partial charge in [0.1, 0.15) is 0 Å². The Morgan fingerprint density at radius 3 is 1.88 bits per heavy atom. The number of aromatic nitrogens is 4. The molecule has 7 aromatic rings. The highest BCUT2D eigenvalue weighted by Crippen LogP contribution is 2.40. The second kappa shape index (κ2) is 11.5. The van der Waals surface area contributed by atoms with Crippen LogP contribution in [0.3, 0.4) is 0 Å². The third kappa shape index (κ3) is 4.59. The van der Waals surface area contributed by atoms with Crippen molar-refractivity contribution < 1.29 is 0 Å². The van der Waals surface area contributed by atoms with Crippen LogP contribution in [0.1, 0.15) is 0 Å². The molecule has 0 saturated heterocycles. The largest absolute Gasteiger partial charge is 0.340 e. The van der Waals surface area contributed by atoms with E-state index in [1.807, 2.05) is 60.7 Å². The summed E-state index contributed by atoms with van der Waals surface area (Å²) in [5.74, 6) is 2.18. The maximum atomic E-state index is 5.02. The number of rotatable bonds is 5.